The third kappa shape index (κ3) is 4.61. The molecule has 0 aliphatic carbocycles. The Morgan fingerprint density at radius 3 is 2.32 bits per heavy atom. The molecule has 1 aliphatic heterocycles. The van der Waals surface area contributed by atoms with Gasteiger partial charge in [0.1, 0.15) is 23.7 Å². The normalized spacial score (nSPS) is 36.1. The molecule has 0 bridgehead atoms. The summed E-state index contributed by atoms with van der Waals surface area (Å²) in [6, 6.07) is -0.709. The number of aliphatic hydroxyl groups excluding tert-OH is 3. The molecular formula is C12H23NO5S. The number of aliphatic hydroxyl groups is 3. The maximum absolute atomic E-state index is 11.2. The van der Waals surface area contributed by atoms with Gasteiger partial charge in [-0.05, 0) is 0 Å². The topological polar surface area (TPSA) is 99.0 Å². The van der Waals surface area contributed by atoms with E-state index >= 15 is 0 Å². The molecule has 1 rings (SSSR count). The van der Waals surface area contributed by atoms with Crippen LogP contribution in [0.1, 0.15) is 27.7 Å². The third-order valence-electron chi connectivity index (χ3n) is 2.72. The van der Waals surface area contributed by atoms with Crippen molar-refractivity contribution in [3.05, 3.63) is 0 Å². The van der Waals surface area contributed by atoms with Crippen LogP contribution in [-0.4, -0.2) is 62.4 Å². The van der Waals surface area contributed by atoms with Crippen molar-refractivity contribution < 1.29 is 24.9 Å². The number of carbonyl (C=O) groups excluding carboxylic acids is 1. The van der Waals surface area contributed by atoms with Gasteiger partial charge in [-0.15, -0.1) is 11.8 Å². The highest BCUT2D eigenvalue weighted by Gasteiger charge is 2.45. The Bertz CT molecular complexity index is 320. The third-order valence-corrected chi connectivity index (χ3v) is 4.06. The van der Waals surface area contributed by atoms with Crippen LogP contribution < -0.4 is 5.32 Å². The summed E-state index contributed by atoms with van der Waals surface area (Å²) >= 11 is 1.43. The second kappa shape index (κ2) is 6.41. The molecule has 6 nitrogen and oxygen atoms in total. The highest BCUT2D eigenvalue weighted by atomic mass is 32.2. The van der Waals surface area contributed by atoms with Crippen LogP contribution in [0.25, 0.3) is 0 Å². The van der Waals surface area contributed by atoms with Gasteiger partial charge in [0, 0.05) is 11.7 Å². The monoisotopic (exact) mass is 293 g/mol. The van der Waals surface area contributed by atoms with Crippen molar-refractivity contribution in [2.24, 2.45) is 0 Å². The van der Waals surface area contributed by atoms with E-state index < -0.39 is 29.8 Å². The Hall–Kier alpha value is -0.340. The van der Waals surface area contributed by atoms with Crippen molar-refractivity contribution >= 4 is 17.7 Å². The number of hydrogen-bond donors (Lipinski definition) is 4. The van der Waals surface area contributed by atoms with Crippen LogP contribution in [0.15, 0.2) is 0 Å². The Morgan fingerprint density at radius 1 is 1.32 bits per heavy atom. The number of ether oxygens (including phenoxy) is 1. The van der Waals surface area contributed by atoms with Crippen molar-refractivity contribution in [2.75, 3.05) is 6.61 Å². The van der Waals surface area contributed by atoms with Gasteiger partial charge in [-0.2, -0.15) is 0 Å². The average molecular weight is 293 g/mol. The first-order valence-corrected chi connectivity index (χ1v) is 7.11. The van der Waals surface area contributed by atoms with Gasteiger partial charge in [0.15, 0.2) is 0 Å². The van der Waals surface area contributed by atoms with Crippen molar-refractivity contribution in [1.82, 2.24) is 5.32 Å². The van der Waals surface area contributed by atoms with E-state index in [-0.39, 0.29) is 17.3 Å². The minimum Gasteiger partial charge on any atom is -0.394 e. The van der Waals surface area contributed by atoms with Crippen LogP contribution >= 0.6 is 11.8 Å². The molecule has 1 heterocycles. The molecule has 1 saturated heterocycles. The van der Waals surface area contributed by atoms with E-state index in [0.29, 0.717) is 0 Å². The van der Waals surface area contributed by atoms with Gasteiger partial charge in [-0.25, -0.2) is 0 Å². The lowest BCUT2D eigenvalue weighted by Gasteiger charge is -2.44. The van der Waals surface area contributed by atoms with Crippen molar-refractivity contribution in [1.29, 1.82) is 0 Å². The van der Waals surface area contributed by atoms with E-state index in [9.17, 15) is 20.1 Å². The van der Waals surface area contributed by atoms with Crippen LogP contribution in [-0.2, 0) is 9.53 Å². The number of thioether (sulfide) groups is 1. The number of hydrogen-bond acceptors (Lipinski definition) is 6. The summed E-state index contributed by atoms with van der Waals surface area (Å²) in [7, 11) is 0. The van der Waals surface area contributed by atoms with Crippen LogP contribution in [0.5, 0.6) is 0 Å². The fraction of sp³-hybridized carbons (Fsp3) is 0.917. The smallest absolute Gasteiger partial charge is 0.217 e. The van der Waals surface area contributed by atoms with Gasteiger partial charge in [0.2, 0.25) is 5.91 Å². The molecule has 1 aliphatic rings. The second-order valence-corrected chi connectivity index (χ2v) is 7.59. The summed E-state index contributed by atoms with van der Waals surface area (Å²) < 4.78 is 5.45. The van der Waals surface area contributed by atoms with E-state index in [1.54, 1.807) is 0 Å². The molecule has 7 heteroatoms. The number of rotatable bonds is 3. The molecule has 0 unspecified atom stereocenters. The summed E-state index contributed by atoms with van der Waals surface area (Å²) in [4.78, 5) is 11.2. The highest BCUT2D eigenvalue weighted by Crippen LogP contribution is 2.35. The minimum absolute atomic E-state index is 0.149. The molecule has 0 aromatic heterocycles. The second-order valence-electron chi connectivity index (χ2n) is 5.66. The SMILES string of the molecule is CC(=O)N[C@@H]1[C@@H](O)[C@@H](O)[C@@H](CO)O[C@@H]1SC(C)(C)C. The first-order valence-electron chi connectivity index (χ1n) is 6.23. The van der Waals surface area contributed by atoms with Crippen LogP contribution in [0, 0.1) is 0 Å². The molecule has 0 aromatic rings. The number of carbonyl (C=O) groups is 1. The number of nitrogens with one attached hydrogen (secondary N) is 1. The molecule has 0 spiro atoms. The zero-order valence-electron chi connectivity index (χ0n) is 11.7. The zero-order chi connectivity index (χ0) is 14.8. The molecule has 4 N–H and O–H groups in total. The van der Waals surface area contributed by atoms with Gasteiger partial charge >= 0.3 is 0 Å². The predicted molar refractivity (Wildman–Crippen MR) is 72.7 cm³/mol. The Balaban J connectivity index is 2.89. The van der Waals surface area contributed by atoms with Crippen molar-refractivity contribution in [2.45, 2.75) is 62.2 Å². The van der Waals surface area contributed by atoms with Crippen LogP contribution in [0.2, 0.25) is 0 Å². The van der Waals surface area contributed by atoms with E-state index in [4.69, 9.17) is 4.74 Å². The molecule has 5 atom stereocenters. The van der Waals surface area contributed by atoms with E-state index in [1.807, 2.05) is 20.8 Å². The first-order chi connectivity index (χ1) is 8.65. The largest absolute Gasteiger partial charge is 0.394 e. The molecule has 1 fully saturated rings. The summed E-state index contributed by atoms with van der Waals surface area (Å²) in [6.07, 6.45) is -3.24. The molecule has 0 saturated carbocycles. The molecular weight excluding hydrogens is 270 g/mol. The fourth-order valence-electron chi connectivity index (χ4n) is 1.92. The average Bonchev–Trinajstić information content (AvgIpc) is 2.26. The number of amides is 1. The van der Waals surface area contributed by atoms with Gasteiger partial charge in [0.25, 0.3) is 0 Å². The Morgan fingerprint density at radius 2 is 1.89 bits per heavy atom. The fourth-order valence-corrected chi connectivity index (χ4v) is 3.19. The standard InChI is InChI=1S/C12H23NO5S/c1-6(15)13-8-10(17)9(16)7(5-14)18-11(8)19-12(2,3)4/h7-11,14,16-17H,5H2,1-4H3,(H,13,15)/t7-,8-,9+,10-,11-/m1/s1. The maximum Gasteiger partial charge on any atom is 0.217 e. The summed E-state index contributed by atoms with van der Waals surface area (Å²) in [5.41, 5.74) is -0.528. The van der Waals surface area contributed by atoms with Gasteiger partial charge < -0.3 is 25.4 Å². The van der Waals surface area contributed by atoms with Gasteiger partial charge in [0.05, 0.1) is 12.6 Å². The molecule has 112 valence electrons. The van der Waals surface area contributed by atoms with Crippen molar-refractivity contribution in [3.8, 4) is 0 Å². The van der Waals surface area contributed by atoms with Crippen LogP contribution in [0.3, 0.4) is 0 Å². The van der Waals surface area contributed by atoms with E-state index in [0.717, 1.165) is 0 Å². The molecule has 1 amide bonds. The molecule has 0 aromatic carbocycles. The molecule has 19 heavy (non-hydrogen) atoms. The quantitative estimate of drug-likeness (QED) is 0.558. The highest BCUT2D eigenvalue weighted by molar-refractivity contribution is 8.01. The maximum atomic E-state index is 11.2. The summed E-state index contributed by atoms with van der Waals surface area (Å²) in [5, 5.41) is 31.7. The Labute approximate surface area is 117 Å². The lowest BCUT2D eigenvalue weighted by atomic mass is 9.98. The Kier molecular flexibility index (Phi) is 5.64. The summed E-state index contributed by atoms with van der Waals surface area (Å²) in [5.74, 6) is -0.304. The van der Waals surface area contributed by atoms with E-state index in [2.05, 4.69) is 5.32 Å². The predicted octanol–water partition coefficient (Wildman–Crippen LogP) is -0.538. The zero-order valence-corrected chi connectivity index (χ0v) is 12.5. The summed E-state index contributed by atoms with van der Waals surface area (Å²) in [6.45, 7) is 6.91. The minimum atomic E-state index is -1.22. The van der Waals surface area contributed by atoms with E-state index in [1.165, 1.54) is 18.7 Å². The lowest BCUT2D eigenvalue weighted by molar-refractivity contribution is -0.173. The van der Waals surface area contributed by atoms with Gasteiger partial charge in [-0.1, -0.05) is 20.8 Å². The first kappa shape index (κ1) is 16.7. The van der Waals surface area contributed by atoms with Gasteiger partial charge in [-0.3, -0.25) is 4.79 Å². The molecule has 0 radical (unpaired) electrons. The lowest BCUT2D eigenvalue weighted by Crippen LogP contribution is -2.63. The van der Waals surface area contributed by atoms with Crippen molar-refractivity contribution in [3.63, 3.8) is 0 Å². The van der Waals surface area contributed by atoms with Crippen LogP contribution in [0.4, 0.5) is 0 Å².